The average molecular weight is 355 g/mol. The molecule has 0 saturated carbocycles. The second-order valence-electron chi connectivity index (χ2n) is 5.91. The number of ether oxygens (including phenoxy) is 2. The molecule has 26 heavy (non-hydrogen) atoms. The van der Waals surface area contributed by atoms with E-state index in [0.29, 0.717) is 11.6 Å². The fourth-order valence-corrected chi connectivity index (χ4v) is 2.75. The second-order valence-corrected chi connectivity index (χ2v) is 5.91. The molecule has 0 fully saturated rings. The van der Waals surface area contributed by atoms with Gasteiger partial charge < -0.3 is 24.9 Å². The van der Waals surface area contributed by atoms with Gasteiger partial charge in [-0.15, -0.1) is 0 Å². The van der Waals surface area contributed by atoms with Gasteiger partial charge in [-0.1, -0.05) is 12.1 Å². The van der Waals surface area contributed by atoms with Crippen molar-refractivity contribution in [3.05, 3.63) is 54.4 Å². The van der Waals surface area contributed by atoms with E-state index in [1.54, 1.807) is 31.4 Å². The number of imidazole rings is 1. The van der Waals surface area contributed by atoms with Crippen molar-refractivity contribution in [1.29, 1.82) is 0 Å². The molecule has 0 aliphatic carbocycles. The molecular formula is C19H21N3O4. The summed E-state index contributed by atoms with van der Waals surface area (Å²) >= 11 is 0. The number of hydrogen-bond donors (Lipinski definition) is 2. The molecule has 3 aromatic rings. The molecule has 7 nitrogen and oxygen atoms in total. The van der Waals surface area contributed by atoms with Gasteiger partial charge in [0.15, 0.2) is 0 Å². The first kappa shape index (κ1) is 17.8. The van der Waals surface area contributed by atoms with Crippen LogP contribution < -0.4 is 15.2 Å². The number of hydrogen-bond acceptors (Lipinski definition) is 5. The Kier molecular flexibility index (Phi) is 5.38. The van der Waals surface area contributed by atoms with Crippen LogP contribution in [0, 0.1) is 0 Å². The predicted octanol–water partition coefficient (Wildman–Crippen LogP) is 1.51. The van der Waals surface area contributed by atoms with Crippen LogP contribution in [0.1, 0.15) is 5.82 Å². The summed E-state index contributed by atoms with van der Waals surface area (Å²) in [5.74, 6) is 1.43. The molecule has 0 saturated heterocycles. The van der Waals surface area contributed by atoms with Crippen molar-refractivity contribution >= 4 is 16.9 Å². The first-order valence-electron chi connectivity index (χ1n) is 8.24. The Morgan fingerprint density at radius 3 is 2.58 bits per heavy atom. The lowest BCUT2D eigenvalue weighted by atomic mass is 10.3. The molecule has 0 spiro atoms. The number of aliphatic hydroxyl groups excluding tert-OH is 1. The van der Waals surface area contributed by atoms with Gasteiger partial charge in [0, 0.05) is 0 Å². The number of carbonyl (C=O) groups excluding carboxylic acids is 1. The highest BCUT2D eigenvalue weighted by Gasteiger charge is 2.16. The van der Waals surface area contributed by atoms with E-state index in [-0.39, 0.29) is 19.6 Å². The van der Waals surface area contributed by atoms with E-state index in [0.717, 1.165) is 16.8 Å². The van der Waals surface area contributed by atoms with Crippen molar-refractivity contribution in [2.45, 2.75) is 19.1 Å². The number of para-hydroxylation sites is 2. The lowest BCUT2D eigenvalue weighted by molar-refractivity contribution is -0.117. The maximum absolute atomic E-state index is 11.3. The smallest absolute Gasteiger partial charge is 0.225 e. The molecule has 1 amide bonds. The van der Waals surface area contributed by atoms with Gasteiger partial charge in [-0.05, 0) is 36.4 Å². The summed E-state index contributed by atoms with van der Waals surface area (Å²) < 4.78 is 12.5. The number of primary amides is 1. The van der Waals surface area contributed by atoms with Gasteiger partial charge in [0.1, 0.15) is 30.0 Å². The lowest BCUT2D eigenvalue weighted by Crippen LogP contribution is -2.26. The Balaban J connectivity index is 1.71. The maximum Gasteiger partial charge on any atom is 0.225 e. The van der Waals surface area contributed by atoms with Crippen LogP contribution in [0.5, 0.6) is 11.5 Å². The summed E-state index contributed by atoms with van der Waals surface area (Å²) in [6.07, 6.45) is -0.762. The largest absolute Gasteiger partial charge is 0.497 e. The first-order chi connectivity index (χ1) is 12.6. The molecule has 7 heteroatoms. The number of nitrogens with two attached hydrogens (primary N) is 1. The molecule has 1 aromatic heterocycles. The fraction of sp³-hybridized carbons (Fsp3) is 0.263. The van der Waals surface area contributed by atoms with Crippen LogP contribution in [0.3, 0.4) is 0 Å². The Bertz CT molecular complexity index is 889. The van der Waals surface area contributed by atoms with Crippen LogP contribution >= 0.6 is 0 Å². The molecule has 0 aliphatic heterocycles. The molecular weight excluding hydrogens is 334 g/mol. The van der Waals surface area contributed by atoms with Gasteiger partial charge in [-0.25, -0.2) is 4.98 Å². The molecule has 0 aliphatic rings. The molecule has 3 rings (SSSR count). The minimum Gasteiger partial charge on any atom is -0.497 e. The summed E-state index contributed by atoms with van der Waals surface area (Å²) in [6, 6.07) is 14.6. The Hall–Kier alpha value is -3.06. The van der Waals surface area contributed by atoms with Crippen molar-refractivity contribution in [2.75, 3.05) is 13.7 Å². The third-order valence-electron chi connectivity index (χ3n) is 3.96. The monoisotopic (exact) mass is 355 g/mol. The van der Waals surface area contributed by atoms with Crippen LogP contribution in [0.2, 0.25) is 0 Å². The Morgan fingerprint density at radius 2 is 1.88 bits per heavy atom. The number of aliphatic hydroxyl groups is 1. The van der Waals surface area contributed by atoms with Crippen LogP contribution in [-0.2, 0) is 17.8 Å². The van der Waals surface area contributed by atoms with Gasteiger partial charge in [-0.3, -0.25) is 4.79 Å². The highest BCUT2D eigenvalue weighted by atomic mass is 16.5. The molecule has 0 bridgehead atoms. The summed E-state index contributed by atoms with van der Waals surface area (Å²) in [5.41, 5.74) is 6.91. The molecule has 0 radical (unpaired) electrons. The third kappa shape index (κ3) is 4.12. The zero-order valence-electron chi connectivity index (χ0n) is 14.5. The normalized spacial score (nSPS) is 12.1. The van der Waals surface area contributed by atoms with Crippen LogP contribution in [0.15, 0.2) is 48.5 Å². The standard InChI is InChI=1S/C19H21N3O4/c1-25-14-6-8-15(9-7-14)26-12-13(23)11-22-17-5-3-2-4-16(17)21-19(22)10-18(20)24/h2-9,13,23H,10-12H2,1H3,(H2,20,24). The van der Waals surface area contributed by atoms with Crippen LogP contribution in [-0.4, -0.2) is 40.4 Å². The van der Waals surface area contributed by atoms with Crippen molar-refractivity contribution in [3.63, 3.8) is 0 Å². The lowest BCUT2D eigenvalue weighted by Gasteiger charge is -2.15. The molecule has 1 atom stereocenters. The predicted molar refractivity (Wildman–Crippen MR) is 97.1 cm³/mol. The quantitative estimate of drug-likeness (QED) is 0.638. The van der Waals surface area contributed by atoms with Crippen molar-refractivity contribution in [3.8, 4) is 11.5 Å². The van der Waals surface area contributed by atoms with E-state index >= 15 is 0 Å². The molecule has 136 valence electrons. The van der Waals surface area contributed by atoms with E-state index in [9.17, 15) is 9.90 Å². The van der Waals surface area contributed by atoms with Gasteiger partial charge in [-0.2, -0.15) is 0 Å². The van der Waals surface area contributed by atoms with E-state index in [1.807, 2.05) is 28.8 Å². The minimum absolute atomic E-state index is 0.0146. The molecule has 2 aromatic carbocycles. The van der Waals surface area contributed by atoms with Gasteiger partial charge in [0.25, 0.3) is 0 Å². The summed E-state index contributed by atoms with van der Waals surface area (Å²) in [4.78, 5) is 15.8. The minimum atomic E-state index is -0.777. The number of rotatable bonds is 8. The fourth-order valence-electron chi connectivity index (χ4n) is 2.75. The number of carbonyl (C=O) groups is 1. The number of methoxy groups -OCH3 is 1. The van der Waals surface area contributed by atoms with Crippen molar-refractivity contribution < 1.29 is 19.4 Å². The van der Waals surface area contributed by atoms with Crippen molar-refractivity contribution in [1.82, 2.24) is 9.55 Å². The number of fused-ring (bicyclic) bond motifs is 1. The third-order valence-corrected chi connectivity index (χ3v) is 3.96. The van der Waals surface area contributed by atoms with E-state index in [2.05, 4.69) is 4.98 Å². The number of benzene rings is 2. The Morgan fingerprint density at radius 1 is 1.19 bits per heavy atom. The number of aromatic nitrogens is 2. The second kappa shape index (κ2) is 7.88. The van der Waals surface area contributed by atoms with Crippen LogP contribution in [0.25, 0.3) is 11.0 Å². The van der Waals surface area contributed by atoms with Gasteiger partial charge >= 0.3 is 0 Å². The van der Waals surface area contributed by atoms with Gasteiger partial charge in [0.2, 0.25) is 5.91 Å². The highest BCUT2D eigenvalue weighted by Crippen LogP contribution is 2.19. The van der Waals surface area contributed by atoms with Gasteiger partial charge in [0.05, 0.1) is 31.1 Å². The molecule has 1 unspecified atom stereocenters. The summed E-state index contributed by atoms with van der Waals surface area (Å²) in [7, 11) is 1.60. The maximum atomic E-state index is 11.3. The average Bonchev–Trinajstić information content (AvgIpc) is 2.97. The number of nitrogens with zero attached hydrogens (tertiary/aromatic N) is 2. The SMILES string of the molecule is COc1ccc(OCC(O)Cn2c(CC(N)=O)nc3ccccc32)cc1. The summed E-state index contributed by atoms with van der Waals surface area (Å²) in [5, 5.41) is 10.4. The number of amides is 1. The van der Waals surface area contributed by atoms with E-state index in [1.165, 1.54) is 0 Å². The van der Waals surface area contributed by atoms with Crippen LogP contribution in [0.4, 0.5) is 0 Å². The van der Waals surface area contributed by atoms with E-state index in [4.69, 9.17) is 15.2 Å². The zero-order chi connectivity index (χ0) is 18.5. The zero-order valence-corrected chi connectivity index (χ0v) is 14.5. The highest BCUT2D eigenvalue weighted by molar-refractivity contribution is 5.80. The topological polar surface area (TPSA) is 99.6 Å². The molecule has 3 N–H and O–H groups in total. The van der Waals surface area contributed by atoms with E-state index < -0.39 is 12.0 Å². The molecule has 1 heterocycles. The first-order valence-corrected chi connectivity index (χ1v) is 8.24. The Labute approximate surface area is 151 Å². The summed E-state index contributed by atoms with van der Waals surface area (Å²) in [6.45, 7) is 0.355. The van der Waals surface area contributed by atoms with Crippen molar-refractivity contribution in [2.24, 2.45) is 5.73 Å².